The van der Waals surface area contributed by atoms with Crippen LogP contribution in [0.2, 0.25) is 0 Å². The van der Waals surface area contributed by atoms with Crippen LogP contribution < -0.4 is 5.32 Å². The van der Waals surface area contributed by atoms with Gasteiger partial charge >= 0.3 is 5.97 Å². The van der Waals surface area contributed by atoms with E-state index in [2.05, 4.69) is 15.3 Å². The Labute approximate surface area is 160 Å². The quantitative estimate of drug-likeness (QED) is 0.378. The fourth-order valence-corrected chi connectivity index (χ4v) is 3.18. The molecule has 7 nitrogen and oxygen atoms in total. The second-order valence-electron chi connectivity index (χ2n) is 6.51. The average molecular weight is 387 g/mol. The van der Waals surface area contributed by atoms with E-state index >= 15 is 0 Å². The van der Waals surface area contributed by atoms with Crippen molar-refractivity contribution >= 4 is 45.7 Å². The van der Waals surface area contributed by atoms with E-state index in [1.165, 1.54) is 18.1 Å². The Bertz CT molecular complexity index is 970. The minimum Gasteiger partial charge on any atom is -0.452 e. The van der Waals surface area contributed by atoms with Crippen LogP contribution in [0.3, 0.4) is 0 Å². The highest BCUT2D eigenvalue weighted by molar-refractivity contribution is 8.00. The number of hydrogen-bond acceptors (Lipinski definition) is 7. The molecule has 0 aliphatic heterocycles. The van der Waals surface area contributed by atoms with Gasteiger partial charge in [-0.15, -0.1) is 0 Å². The van der Waals surface area contributed by atoms with Gasteiger partial charge in [-0.2, -0.15) is 0 Å². The number of para-hydroxylation sites is 1. The number of carbonyl (C=O) groups is 2. The molecule has 0 radical (unpaired) electrons. The van der Waals surface area contributed by atoms with Crippen molar-refractivity contribution in [2.24, 2.45) is 5.92 Å². The number of rotatable bonds is 7. The summed E-state index contributed by atoms with van der Waals surface area (Å²) in [4.78, 5) is 32.5. The molecular formula is C19H21N3O4S. The first-order valence-corrected chi connectivity index (χ1v) is 9.66. The van der Waals surface area contributed by atoms with Crippen molar-refractivity contribution in [3.05, 3.63) is 30.6 Å². The number of aromatic nitrogens is 2. The maximum Gasteiger partial charge on any atom is 0.317 e. The maximum absolute atomic E-state index is 12.1. The standard InChI is InChI=1S/C19H21N3O4S/c1-11(2)8-20-18(24)12(3)25-15(23)9-27-19-17-16(21-10-22-19)13-6-4-5-7-14(13)26-17/h4-7,10-12H,8-9H2,1-3H3,(H,20,24)/t12-/m0/s1. The Morgan fingerprint density at radius 2 is 2.00 bits per heavy atom. The molecule has 27 heavy (non-hydrogen) atoms. The van der Waals surface area contributed by atoms with Crippen LogP contribution in [0.1, 0.15) is 20.8 Å². The van der Waals surface area contributed by atoms with Crippen molar-refractivity contribution in [2.45, 2.75) is 31.9 Å². The number of esters is 1. The molecule has 2 heterocycles. The first-order chi connectivity index (χ1) is 13.0. The summed E-state index contributed by atoms with van der Waals surface area (Å²) in [7, 11) is 0. The molecule has 8 heteroatoms. The number of benzene rings is 1. The third-order valence-corrected chi connectivity index (χ3v) is 4.76. The zero-order chi connectivity index (χ0) is 19.4. The van der Waals surface area contributed by atoms with E-state index in [1.807, 2.05) is 38.1 Å². The Balaban J connectivity index is 1.63. The van der Waals surface area contributed by atoms with E-state index < -0.39 is 12.1 Å². The highest BCUT2D eigenvalue weighted by Crippen LogP contribution is 2.32. The van der Waals surface area contributed by atoms with Crippen molar-refractivity contribution in [2.75, 3.05) is 12.3 Å². The van der Waals surface area contributed by atoms with Gasteiger partial charge in [-0.3, -0.25) is 9.59 Å². The normalized spacial score (nSPS) is 12.4. The number of amides is 1. The van der Waals surface area contributed by atoms with E-state index in [0.29, 0.717) is 34.2 Å². The van der Waals surface area contributed by atoms with Crippen LogP contribution in [-0.2, 0) is 14.3 Å². The zero-order valence-electron chi connectivity index (χ0n) is 15.4. The summed E-state index contributed by atoms with van der Waals surface area (Å²) in [6.45, 7) is 6.09. The predicted octanol–water partition coefficient (Wildman–Crippen LogP) is 3.17. The van der Waals surface area contributed by atoms with Gasteiger partial charge in [0.25, 0.3) is 5.91 Å². The largest absolute Gasteiger partial charge is 0.452 e. The molecule has 0 aliphatic carbocycles. The van der Waals surface area contributed by atoms with Gasteiger partial charge in [0.15, 0.2) is 11.7 Å². The molecule has 3 rings (SSSR count). The number of furan rings is 1. The summed E-state index contributed by atoms with van der Waals surface area (Å²) in [5.41, 5.74) is 1.96. The highest BCUT2D eigenvalue weighted by Gasteiger charge is 2.19. The first-order valence-electron chi connectivity index (χ1n) is 8.68. The number of nitrogens with zero attached hydrogens (tertiary/aromatic N) is 2. The fraction of sp³-hybridized carbons (Fsp3) is 0.368. The van der Waals surface area contributed by atoms with Crippen LogP contribution in [0.25, 0.3) is 22.1 Å². The average Bonchev–Trinajstić information content (AvgIpc) is 3.03. The van der Waals surface area contributed by atoms with Crippen molar-refractivity contribution in [1.82, 2.24) is 15.3 Å². The Morgan fingerprint density at radius 1 is 1.22 bits per heavy atom. The SMILES string of the molecule is CC(C)CNC(=O)[C@H](C)OC(=O)CSc1ncnc2c1oc1ccccc12. The summed E-state index contributed by atoms with van der Waals surface area (Å²) >= 11 is 1.19. The van der Waals surface area contributed by atoms with Crippen LogP contribution in [-0.4, -0.2) is 40.2 Å². The number of thioether (sulfide) groups is 1. The van der Waals surface area contributed by atoms with E-state index in [9.17, 15) is 9.59 Å². The highest BCUT2D eigenvalue weighted by atomic mass is 32.2. The lowest BCUT2D eigenvalue weighted by atomic mass is 10.2. The van der Waals surface area contributed by atoms with Crippen LogP contribution in [0.5, 0.6) is 0 Å². The topological polar surface area (TPSA) is 94.3 Å². The Morgan fingerprint density at radius 3 is 2.78 bits per heavy atom. The summed E-state index contributed by atoms with van der Waals surface area (Å²) in [5, 5.41) is 4.20. The maximum atomic E-state index is 12.1. The molecule has 3 aromatic rings. The number of nitrogens with one attached hydrogen (secondary N) is 1. The van der Waals surface area contributed by atoms with Crippen molar-refractivity contribution in [3.8, 4) is 0 Å². The van der Waals surface area contributed by atoms with Crippen LogP contribution >= 0.6 is 11.8 Å². The minimum absolute atomic E-state index is 0.0188. The third kappa shape index (κ3) is 4.57. The smallest absolute Gasteiger partial charge is 0.317 e. The number of carbonyl (C=O) groups excluding carboxylic acids is 2. The van der Waals surface area contributed by atoms with E-state index in [4.69, 9.17) is 9.15 Å². The molecule has 1 aromatic carbocycles. The molecule has 0 bridgehead atoms. The fourth-order valence-electron chi connectivity index (χ4n) is 2.47. The Kier molecular flexibility index (Phi) is 5.95. The van der Waals surface area contributed by atoms with Crippen molar-refractivity contribution in [3.63, 3.8) is 0 Å². The summed E-state index contributed by atoms with van der Waals surface area (Å²) in [6, 6.07) is 7.58. The molecule has 0 saturated carbocycles. The van der Waals surface area contributed by atoms with Gasteiger partial charge in [-0.1, -0.05) is 37.7 Å². The van der Waals surface area contributed by atoms with Gasteiger partial charge < -0.3 is 14.5 Å². The molecule has 1 N–H and O–H groups in total. The van der Waals surface area contributed by atoms with Crippen LogP contribution in [0, 0.1) is 5.92 Å². The van der Waals surface area contributed by atoms with Gasteiger partial charge in [0.1, 0.15) is 22.5 Å². The molecule has 1 atom stereocenters. The monoisotopic (exact) mass is 387 g/mol. The predicted molar refractivity (Wildman–Crippen MR) is 103 cm³/mol. The number of hydrogen-bond donors (Lipinski definition) is 1. The van der Waals surface area contributed by atoms with Crippen molar-refractivity contribution < 1.29 is 18.7 Å². The molecule has 0 fully saturated rings. The second kappa shape index (κ2) is 8.39. The molecule has 0 aliphatic rings. The molecule has 142 valence electrons. The van der Waals surface area contributed by atoms with Crippen LogP contribution in [0.15, 0.2) is 40.0 Å². The second-order valence-corrected chi connectivity index (χ2v) is 7.48. The summed E-state index contributed by atoms with van der Waals surface area (Å²) < 4.78 is 11.0. The molecule has 2 aromatic heterocycles. The minimum atomic E-state index is -0.839. The molecular weight excluding hydrogens is 366 g/mol. The molecule has 0 unspecified atom stereocenters. The summed E-state index contributed by atoms with van der Waals surface area (Å²) in [5.74, 6) is -0.444. The number of ether oxygens (including phenoxy) is 1. The van der Waals surface area contributed by atoms with E-state index in [-0.39, 0.29) is 11.7 Å². The molecule has 1 amide bonds. The first kappa shape index (κ1) is 19.2. The molecule has 0 spiro atoms. The Hall–Kier alpha value is -2.61. The summed E-state index contributed by atoms with van der Waals surface area (Å²) in [6.07, 6.45) is 0.605. The van der Waals surface area contributed by atoms with Gasteiger partial charge in [0, 0.05) is 11.9 Å². The van der Waals surface area contributed by atoms with E-state index in [1.54, 1.807) is 6.92 Å². The van der Waals surface area contributed by atoms with Crippen LogP contribution in [0.4, 0.5) is 0 Å². The molecule has 0 saturated heterocycles. The lowest BCUT2D eigenvalue weighted by Gasteiger charge is -2.14. The van der Waals surface area contributed by atoms with Gasteiger partial charge in [0.2, 0.25) is 0 Å². The zero-order valence-corrected chi connectivity index (χ0v) is 16.2. The van der Waals surface area contributed by atoms with Gasteiger partial charge in [-0.05, 0) is 25.0 Å². The number of fused-ring (bicyclic) bond motifs is 3. The van der Waals surface area contributed by atoms with Crippen molar-refractivity contribution in [1.29, 1.82) is 0 Å². The van der Waals surface area contributed by atoms with Gasteiger partial charge in [-0.25, -0.2) is 9.97 Å². The van der Waals surface area contributed by atoms with Gasteiger partial charge in [0.05, 0.1) is 5.75 Å². The third-order valence-electron chi connectivity index (χ3n) is 3.81. The lowest BCUT2D eigenvalue weighted by Crippen LogP contribution is -2.37. The van der Waals surface area contributed by atoms with E-state index in [0.717, 1.165) is 5.39 Å². The lowest BCUT2D eigenvalue weighted by molar-refractivity contribution is -0.152.